The molecule has 140 valence electrons. The number of anilines is 1. The Morgan fingerprint density at radius 2 is 1.78 bits per heavy atom. The summed E-state index contributed by atoms with van der Waals surface area (Å²) in [6, 6.07) is 14.4. The van der Waals surface area contributed by atoms with Crippen molar-refractivity contribution in [1.29, 1.82) is 0 Å². The minimum absolute atomic E-state index is 0.184. The van der Waals surface area contributed by atoms with Crippen molar-refractivity contribution in [3.8, 4) is 0 Å². The molecule has 27 heavy (non-hydrogen) atoms. The van der Waals surface area contributed by atoms with Crippen molar-refractivity contribution >= 4 is 23.6 Å². The predicted octanol–water partition coefficient (Wildman–Crippen LogP) is 2.40. The van der Waals surface area contributed by atoms with Crippen LogP contribution in [0.15, 0.2) is 54.6 Å². The second-order valence-electron chi connectivity index (χ2n) is 6.51. The fraction of sp³-hybridized carbons (Fsp3) is 0.250. The molecule has 0 bridgehead atoms. The first-order valence-electron chi connectivity index (χ1n) is 8.76. The zero-order valence-corrected chi connectivity index (χ0v) is 14.6. The van der Waals surface area contributed by atoms with Gasteiger partial charge in [-0.2, -0.15) is 0 Å². The molecule has 7 nitrogen and oxygen atoms in total. The van der Waals surface area contributed by atoms with E-state index in [4.69, 9.17) is 0 Å². The zero-order valence-electron chi connectivity index (χ0n) is 14.6. The molecule has 2 aromatic carbocycles. The van der Waals surface area contributed by atoms with Crippen LogP contribution in [-0.2, 0) is 11.2 Å². The van der Waals surface area contributed by atoms with E-state index < -0.39 is 17.9 Å². The smallest absolute Gasteiger partial charge is 0.326 e. The standard InChI is InChI=1S/C20H21N3O4/c24-18(23-17(19(25)26)11-13-5-2-1-3-6-13)14-7-4-8-16(12-14)22-20(27)21-15-9-10-15/h1-8,12,15,17H,9-11H2,(H,23,24)(H,25,26)(H2,21,22,27). The summed E-state index contributed by atoms with van der Waals surface area (Å²) in [7, 11) is 0. The number of amides is 3. The minimum atomic E-state index is -1.11. The van der Waals surface area contributed by atoms with E-state index in [0.717, 1.165) is 18.4 Å². The highest BCUT2D eigenvalue weighted by Gasteiger charge is 2.24. The Morgan fingerprint density at radius 1 is 1.04 bits per heavy atom. The van der Waals surface area contributed by atoms with Crippen molar-refractivity contribution in [3.05, 3.63) is 65.7 Å². The summed E-state index contributed by atoms with van der Waals surface area (Å²) < 4.78 is 0. The van der Waals surface area contributed by atoms with Crippen LogP contribution in [0.2, 0.25) is 0 Å². The third kappa shape index (κ3) is 5.57. The maximum Gasteiger partial charge on any atom is 0.326 e. The quantitative estimate of drug-likeness (QED) is 0.603. The Morgan fingerprint density at radius 3 is 2.44 bits per heavy atom. The van der Waals surface area contributed by atoms with E-state index in [2.05, 4.69) is 16.0 Å². The maximum atomic E-state index is 12.5. The highest BCUT2D eigenvalue weighted by molar-refractivity contribution is 5.98. The molecule has 4 N–H and O–H groups in total. The molecule has 0 aromatic heterocycles. The molecule has 1 unspecified atom stereocenters. The molecule has 2 aromatic rings. The number of carbonyl (C=O) groups excluding carboxylic acids is 2. The van der Waals surface area contributed by atoms with Gasteiger partial charge in [0, 0.05) is 23.7 Å². The normalized spacial score (nSPS) is 14.1. The number of urea groups is 1. The van der Waals surface area contributed by atoms with Crippen molar-refractivity contribution in [2.75, 3.05) is 5.32 Å². The largest absolute Gasteiger partial charge is 0.480 e. The van der Waals surface area contributed by atoms with Crippen molar-refractivity contribution < 1.29 is 19.5 Å². The van der Waals surface area contributed by atoms with Crippen LogP contribution in [0.3, 0.4) is 0 Å². The van der Waals surface area contributed by atoms with Gasteiger partial charge in [0.05, 0.1) is 0 Å². The summed E-state index contributed by atoms with van der Waals surface area (Å²) in [4.78, 5) is 35.8. The highest BCUT2D eigenvalue weighted by atomic mass is 16.4. The first-order chi connectivity index (χ1) is 13.0. The molecule has 0 radical (unpaired) electrons. The number of benzene rings is 2. The summed E-state index contributed by atoms with van der Waals surface area (Å²) in [5.74, 6) is -1.62. The van der Waals surface area contributed by atoms with Gasteiger partial charge in [0.25, 0.3) is 5.91 Å². The van der Waals surface area contributed by atoms with Crippen molar-refractivity contribution in [2.45, 2.75) is 31.3 Å². The average molecular weight is 367 g/mol. The van der Waals surface area contributed by atoms with Gasteiger partial charge in [0.15, 0.2) is 0 Å². The summed E-state index contributed by atoms with van der Waals surface area (Å²) in [6.07, 6.45) is 2.14. The second-order valence-corrected chi connectivity index (χ2v) is 6.51. The van der Waals surface area contributed by atoms with Crippen molar-refractivity contribution in [3.63, 3.8) is 0 Å². The molecule has 1 aliphatic rings. The Hall–Kier alpha value is -3.35. The minimum Gasteiger partial charge on any atom is -0.480 e. The number of carboxylic acid groups (broad SMARTS) is 1. The average Bonchev–Trinajstić information content (AvgIpc) is 3.46. The monoisotopic (exact) mass is 367 g/mol. The Balaban J connectivity index is 1.63. The molecule has 1 atom stereocenters. The third-order valence-electron chi connectivity index (χ3n) is 4.18. The number of nitrogens with one attached hydrogen (secondary N) is 3. The lowest BCUT2D eigenvalue weighted by Gasteiger charge is -2.15. The van der Waals surface area contributed by atoms with Crippen LogP contribution < -0.4 is 16.0 Å². The molecule has 0 aliphatic heterocycles. The van der Waals surface area contributed by atoms with Crippen LogP contribution in [0.4, 0.5) is 10.5 Å². The van der Waals surface area contributed by atoms with Crippen molar-refractivity contribution in [2.24, 2.45) is 0 Å². The Bertz CT molecular complexity index is 834. The summed E-state index contributed by atoms with van der Waals surface area (Å²) in [5.41, 5.74) is 1.56. The SMILES string of the molecule is O=C(Nc1cccc(C(=O)NC(Cc2ccccc2)C(=O)O)c1)NC1CC1. The number of carbonyl (C=O) groups is 3. The van der Waals surface area contributed by atoms with Crippen LogP contribution >= 0.6 is 0 Å². The summed E-state index contributed by atoms with van der Waals surface area (Å²) in [6.45, 7) is 0. The lowest BCUT2D eigenvalue weighted by atomic mass is 10.1. The summed E-state index contributed by atoms with van der Waals surface area (Å²) >= 11 is 0. The number of rotatable bonds is 7. The van der Waals surface area contributed by atoms with E-state index in [-0.39, 0.29) is 24.1 Å². The van der Waals surface area contributed by atoms with E-state index in [9.17, 15) is 19.5 Å². The van der Waals surface area contributed by atoms with Gasteiger partial charge in [0.2, 0.25) is 0 Å². The fourth-order valence-corrected chi connectivity index (χ4v) is 2.61. The van der Waals surface area contributed by atoms with E-state index in [1.54, 1.807) is 18.2 Å². The number of aliphatic carboxylic acids is 1. The maximum absolute atomic E-state index is 12.5. The molecule has 0 spiro atoms. The molecule has 3 rings (SSSR count). The fourth-order valence-electron chi connectivity index (χ4n) is 2.61. The molecular formula is C20H21N3O4. The lowest BCUT2D eigenvalue weighted by molar-refractivity contribution is -0.139. The lowest BCUT2D eigenvalue weighted by Crippen LogP contribution is -2.42. The van der Waals surface area contributed by atoms with Crippen LogP contribution in [0.1, 0.15) is 28.8 Å². The molecule has 3 amide bonds. The number of hydrogen-bond donors (Lipinski definition) is 4. The van der Waals surface area contributed by atoms with Crippen LogP contribution in [0.5, 0.6) is 0 Å². The molecule has 1 saturated carbocycles. The van der Waals surface area contributed by atoms with Gasteiger partial charge < -0.3 is 21.1 Å². The van der Waals surface area contributed by atoms with Gasteiger partial charge in [0.1, 0.15) is 6.04 Å². The van der Waals surface area contributed by atoms with Gasteiger partial charge in [-0.25, -0.2) is 9.59 Å². The van der Waals surface area contributed by atoms with Gasteiger partial charge in [-0.15, -0.1) is 0 Å². The molecule has 1 aliphatic carbocycles. The summed E-state index contributed by atoms with van der Waals surface area (Å²) in [5, 5.41) is 17.4. The Kier molecular flexibility index (Phi) is 5.71. The van der Waals surface area contributed by atoms with Gasteiger partial charge in [-0.05, 0) is 36.6 Å². The van der Waals surface area contributed by atoms with E-state index in [1.807, 2.05) is 30.3 Å². The number of carboxylic acids is 1. The molecular weight excluding hydrogens is 346 g/mol. The second kappa shape index (κ2) is 8.35. The highest BCUT2D eigenvalue weighted by Crippen LogP contribution is 2.19. The Labute approximate surface area is 156 Å². The van der Waals surface area contributed by atoms with Crippen LogP contribution in [0.25, 0.3) is 0 Å². The predicted molar refractivity (Wildman–Crippen MR) is 101 cm³/mol. The van der Waals surface area contributed by atoms with Crippen molar-refractivity contribution in [1.82, 2.24) is 10.6 Å². The third-order valence-corrected chi connectivity index (χ3v) is 4.18. The van der Waals surface area contributed by atoms with Crippen LogP contribution in [-0.4, -0.2) is 35.1 Å². The van der Waals surface area contributed by atoms with E-state index in [0.29, 0.717) is 5.69 Å². The molecule has 0 heterocycles. The van der Waals surface area contributed by atoms with E-state index in [1.165, 1.54) is 6.07 Å². The molecule has 0 saturated heterocycles. The topological polar surface area (TPSA) is 108 Å². The van der Waals surface area contributed by atoms with Gasteiger partial charge in [-0.1, -0.05) is 36.4 Å². The number of hydrogen-bond acceptors (Lipinski definition) is 3. The van der Waals surface area contributed by atoms with E-state index >= 15 is 0 Å². The van der Waals surface area contributed by atoms with Crippen LogP contribution in [0, 0.1) is 0 Å². The zero-order chi connectivity index (χ0) is 19.2. The first-order valence-corrected chi connectivity index (χ1v) is 8.76. The van der Waals surface area contributed by atoms with Gasteiger partial charge >= 0.3 is 12.0 Å². The molecule has 1 fully saturated rings. The molecule has 7 heteroatoms. The van der Waals surface area contributed by atoms with Gasteiger partial charge in [-0.3, -0.25) is 4.79 Å². The first kappa shape index (κ1) is 18.4.